The van der Waals surface area contributed by atoms with E-state index in [-0.39, 0.29) is 17.1 Å². The lowest BCUT2D eigenvalue weighted by atomic mass is 9.69. The molecular weight excluding hydrogens is 569 g/mol. The molecule has 2 atom stereocenters. The minimum atomic E-state index is -2.61. The number of carbonyl (C=O) groups is 1. The van der Waals surface area contributed by atoms with Gasteiger partial charge in [-0.2, -0.15) is 0 Å². The van der Waals surface area contributed by atoms with Crippen molar-refractivity contribution in [1.29, 1.82) is 0 Å². The van der Waals surface area contributed by atoms with Crippen LogP contribution in [0.4, 0.5) is 4.79 Å². The highest BCUT2D eigenvalue weighted by Gasteiger charge is 2.52. The van der Waals surface area contributed by atoms with Gasteiger partial charge in [-0.15, -0.1) is 0 Å². The number of rotatable bonds is 15. The van der Waals surface area contributed by atoms with Crippen LogP contribution in [-0.2, 0) is 18.3 Å². The Bertz CT molecular complexity index is 1170. The molecule has 2 aromatic rings. The summed E-state index contributed by atoms with van der Waals surface area (Å²) in [5.74, 6) is 0. The zero-order valence-corrected chi connectivity index (χ0v) is 29.7. The molecule has 2 unspecified atom stereocenters. The monoisotopic (exact) mass is 622 g/mol. The van der Waals surface area contributed by atoms with Crippen molar-refractivity contribution in [3.05, 3.63) is 72.3 Å². The minimum absolute atomic E-state index is 0.0586. The summed E-state index contributed by atoms with van der Waals surface area (Å²) in [4.78, 5) is 12.1. The van der Waals surface area contributed by atoms with Crippen molar-refractivity contribution in [3.8, 4) is 0 Å². The van der Waals surface area contributed by atoms with Crippen LogP contribution in [0.15, 0.2) is 72.3 Å². The van der Waals surface area contributed by atoms with Crippen LogP contribution in [0.3, 0.4) is 0 Å². The lowest BCUT2D eigenvalue weighted by Crippen LogP contribution is -2.66. The normalized spacial score (nSPS) is 22.8. The Morgan fingerprint density at radius 2 is 1.42 bits per heavy atom. The molecule has 2 aliphatic rings. The third-order valence-corrected chi connectivity index (χ3v) is 20.1. The van der Waals surface area contributed by atoms with Crippen LogP contribution in [0.5, 0.6) is 0 Å². The molecule has 1 saturated heterocycles. The van der Waals surface area contributed by atoms with Crippen LogP contribution < -0.4 is 10.4 Å². The third kappa shape index (κ3) is 6.90. The van der Waals surface area contributed by atoms with Crippen molar-refractivity contribution >= 4 is 33.2 Å². The fraction of sp³-hybridized carbons (Fsp3) is 0.583. The molecule has 0 saturated carbocycles. The molecule has 1 fully saturated rings. The van der Waals surface area contributed by atoms with Gasteiger partial charge in [-0.25, -0.2) is 4.79 Å². The molecule has 0 spiro atoms. The number of benzene rings is 2. The van der Waals surface area contributed by atoms with Crippen LogP contribution in [0.2, 0.25) is 23.2 Å². The summed E-state index contributed by atoms with van der Waals surface area (Å²) in [7, 11) is -4.32. The molecule has 236 valence electrons. The molecule has 5 nitrogen and oxygen atoms in total. The van der Waals surface area contributed by atoms with Gasteiger partial charge in [0.2, 0.25) is 0 Å². The third-order valence-electron chi connectivity index (χ3n) is 10.3. The predicted molar refractivity (Wildman–Crippen MR) is 181 cm³/mol. The Hall–Kier alpha value is -2.20. The second kappa shape index (κ2) is 13.8. The summed E-state index contributed by atoms with van der Waals surface area (Å²) in [5, 5.41) is 2.55. The van der Waals surface area contributed by atoms with E-state index in [1.807, 2.05) is 6.92 Å². The van der Waals surface area contributed by atoms with E-state index < -0.39 is 28.4 Å². The Balaban J connectivity index is 1.59. The molecule has 0 bridgehead atoms. The Morgan fingerprint density at radius 1 is 0.837 bits per heavy atom. The van der Waals surface area contributed by atoms with Gasteiger partial charge in [0.1, 0.15) is 6.61 Å². The van der Waals surface area contributed by atoms with Gasteiger partial charge >= 0.3 is 6.16 Å². The second-order valence-electron chi connectivity index (χ2n) is 13.8. The van der Waals surface area contributed by atoms with E-state index in [1.54, 1.807) is 0 Å². The first-order chi connectivity index (χ1) is 20.5. The number of ether oxygens (including phenoxy) is 2. The lowest BCUT2D eigenvalue weighted by molar-refractivity contribution is 0.0697. The fourth-order valence-electron chi connectivity index (χ4n) is 7.75. The van der Waals surface area contributed by atoms with Crippen LogP contribution in [0, 0.1) is 5.41 Å². The topological polar surface area (TPSA) is 54.0 Å². The van der Waals surface area contributed by atoms with E-state index >= 15 is 0 Å². The average molecular weight is 623 g/mol. The molecule has 1 heterocycles. The van der Waals surface area contributed by atoms with Gasteiger partial charge in [-0.05, 0) is 83.6 Å². The predicted octanol–water partition coefficient (Wildman–Crippen LogP) is 8.39. The zero-order valence-electron chi connectivity index (χ0n) is 27.7. The van der Waals surface area contributed by atoms with Crippen molar-refractivity contribution < 1.29 is 23.1 Å². The van der Waals surface area contributed by atoms with E-state index in [0.717, 1.165) is 56.8 Å². The highest BCUT2D eigenvalue weighted by Crippen LogP contribution is 2.52. The maximum absolute atomic E-state index is 12.1. The number of hydrogen-bond acceptors (Lipinski definition) is 5. The van der Waals surface area contributed by atoms with Gasteiger partial charge in [0, 0.05) is 13.2 Å². The summed E-state index contributed by atoms with van der Waals surface area (Å²) in [5.41, 5.74) is 0.394. The lowest BCUT2D eigenvalue weighted by Gasteiger charge is -2.43. The molecule has 1 aliphatic carbocycles. The van der Waals surface area contributed by atoms with Gasteiger partial charge in [-0.1, -0.05) is 108 Å². The van der Waals surface area contributed by atoms with E-state index in [2.05, 4.69) is 108 Å². The molecule has 2 aromatic carbocycles. The van der Waals surface area contributed by atoms with Gasteiger partial charge in [-0.3, -0.25) is 0 Å². The molecule has 0 radical (unpaired) electrons. The molecular formula is C36H54O5Si2. The van der Waals surface area contributed by atoms with Crippen molar-refractivity contribution in [2.75, 3.05) is 19.8 Å². The smallest absolute Gasteiger partial charge is 0.430 e. The molecule has 0 amide bonds. The molecule has 4 rings (SSSR count). The van der Waals surface area contributed by atoms with Crippen molar-refractivity contribution in [2.45, 2.75) is 109 Å². The standard InChI is InChI=1S/C36H54O5Si2/c1-8-42(9-2,10-3)39-28-26-36(24-17-23-32(36)35(7)29-38-33(37)41-35)25-18-27-40-43(34(4,5)6,30-19-13-11-14-20-30)31-21-15-12-16-22-31/h11-16,19-23H,8-10,17-18,24-29H2,1-7H3. The SMILES string of the molecule is CC[Si](CC)(CC)OCCC1(CCCO[Si](c2ccccc2)(c2ccccc2)C(C)(C)C)CCC=C1C1(C)COC(=O)O1. The first-order valence-corrected chi connectivity index (χ1v) is 20.9. The number of carbonyl (C=O) groups excluding carboxylic acids is 1. The first-order valence-electron chi connectivity index (χ1n) is 16.5. The van der Waals surface area contributed by atoms with Crippen LogP contribution in [-0.4, -0.2) is 48.2 Å². The van der Waals surface area contributed by atoms with Crippen LogP contribution in [0.25, 0.3) is 0 Å². The van der Waals surface area contributed by atoms with Crippen molar-refractivity contribution in [3.63, 3.8) is 0 Å². The van der Waals surface area contributed by atoms with Crippen LogP contribution in [0.1, 0.15) is 80.6 Å². The van der Waals surface area contributed by atoms with Gasteiger partial charge in [0.05, 0.1) is 0 Å². The Kier molecular flexibility index (Phi) is 10.8. The molecule has 7 heteroatoms. The average Bonchev–Trinajstić information content (AvgIpc) is 3.59. The number of cyclic esters (lactones) is 2. The summed E-state index contributed by atoms with van der Waals surface area (Å²) in [6.45, 7) is 17.6. The summed E-state index contributed by atoms with van der Waals surface area (Å²) < 4.78 is 25.2. The van der Waals surface area contributed by atoms with Gasteiger partial charge in [0.25, 0.3) is 8.32 Å². The summed E-state index contributed by atoms with van der Waals surface area (Å²) >= 11 is 0. The maximum atomic E-state index is 12.1. The summed E-state index contributed by atoms with van der Waals surface area (Å²) in [6.07, 6.45) is 6.59. The molecule has 43 heavy (non-hydrogen) atoms. The molecule has 0 aromatic heterocycles. The minimum Gasteiger partial charge on any atom is -0.430 e. The zero-order chi connectivity index (χ0) is 31.2. The van der Waals surface area contributed by atoms with E-state index in [4.69, 9.17) is 18.3 Å². The first kappa shape index (κ1) is 33.7. The second-order valence-corrected chi connectivity index (χ2v) is 22.8. The summed E-state index contributed by atoms with van der Waals surface area (Å²) in [6, 6.07) is 25.2. The van der Waals surface area contributed by atoms with E-state index in [1.165, 1.54) is 15.9 Å². The van der Waals surface area contributed by atoms with Crippen molar-refractivity contribution in [2.24, 2.45) is 5.41 Å². The Labute approximate surface area is 262 Å². The quantitative estimate of drug-likeness (QED) is 0.0864. The van der Waals surface area contributed by atoms with Crippen molar-refractivity contribution in [1.82, 2.24) is 0 Å². The maximum Gasteiger partial charge on any atom is 0.509 e. The molecule has 0 N–H and O–H groups in total. The number of hydrogen-bond donors (Lipinski definition) is 0. The van der Waals surface area contributed by atoms with Crippen LogP contribution >= 0.6 is 0 Å². The largest absolute Gasteiger partial charge is 0.509 e. The fourth-order valence-corrected chi connectivity index (χ4v) is 15.0. The molecule has 1 aliphatic heterocycles. The highest BCUT2D eigenvalue weighted by atomic mass is 28.4. The van der Waals surface area contributed by atoms with Gasteiger partial charge < -0.3 is 18.3 Å². The van der Waals surface area contributed by atoms with Gasteiger partial charge in [0.15, 0.2) is 13.9 Å². The Morgan fingerprint density at radius 3 is 1.91 bits per heavy atom. The van der Waals surface area contributed by atoms with E-state index in [9.17, 15) is 4.79 Å². The van der Waals surface area contributed by atoms with E-state index in [0.29, 0.717) is 6.61 Å². The highest BCUT2D eigenvalue weighted by molar-refractivity contribution is 6.99. The number of allylic oxidation sites excluding steroid dienone is 1.